The number of nitrogens with zero attached hydrogens (tertiary/aromatic N) is 1. The first kappa shape index (κ1) is 10.3. The number of benzene rings is 1. The number of hydrogen-bond donors (Lipinski definition) is 1. The number of hydrogen-bond acceptors (Lipinski definition) is 3. The fourth-order valence-electron chi connectivity index (χ4n) is 2.01. The standard InChI is InChI=1S/C13H12N2O2/c14-7-9-2-1-3-10(6-9)13(4-5-13)15-12(16)11-8-17-11/h1-3,6,11H,4-5,8H2,(H,15,16). The number of carbonyl (C=O) groups excluding carboxylic acids is 1. The van der Waals surface area contributed by atoms with Crippen LogP contribution in [0.3, 0.4) is 0 Å². The molecule has 1 aliphatic carbocycles. The maximum atomic E-state index is 11.7. The lowest BCUT2D eigenvalue weighted by Crippen LogP contribution is -2.37. The minimum absolute atomic E-state index is 0.0372. The number of amides is 1. The SMILES string of the molecule is N#Cc1cccc(C2(NC(=O)C3CO3)CC2)c1. The van der Waals surface area contributed by atoms with E-state index in [0.717, 1.165) is 18.4 Å². The third kappa shape index (κ3) is 1.90. The van der Waals surface area contributed by atoms with E-state index in [4.69, 9.17) is 10.00 Å². The number of nitriles is 1. The van der Waals surface area contributed by atoms with Gasteiger partial charge in [-0.05, 0) is 30.5 Å². The Hall–Kier alpha value is -1.86. The molecule has 17 heavy (non-hydrogen) atoms. The third-order valence-corrected chi connectivity index (χ3v) is 3.28. The lowest BCUT2D eigenvalue weighted by Gasteiger charge is -2.17. The van der Waals surface area contributed by atoms with Gasteiger partial charge in [0.05, 0.1) is 23.8 Å². The number of nitrogens with one attached hydrogen (secondary N) is 1. The van der Waals surface area contributed by atoms with Gasteiger partial charge in [-0.3, -0.25) is 4.79 Å². The zero-order chi connectivity index (χ0) is 11.9. The second-order valence-corrected chi connectivity index (χ2v) is 4.59. The summed E-state index contributed by atoms with van der Waals surface area (Å²) in [6, 6.07) is 9.55. The van der Waals surface area contributed by atoms with E-state index in [1.807, 2.05) is 18.2 Å². The van der Waals surface area contributed by atoms with Gasteiger partial charge in [0, 0.05) is 0 Å². The molecule has 1 aromatic carbocycles. The molecule has 1 saturated carbocycles. The minimum atomic E-state index is -0.258. The van der Waals surface area contributed by atoms with E-state index in [1.165, 1.54) is 0 Å². The highest BCUT2D eigenvalue weighted by molar-refractivity contribution is 5.84. The van der Waals surface area contributed by atoms with Crippen molar-refractivity contribution in [2.75, 3.05) is 6.61 Å². The van der Waals surface area contributed by atoms with Crippen LogP contribution >= 0.6 is 0 Å². The van der Waals surface area contributed by atoms with Crippen molar-refractivity contribution in [2.24, 2.45) is 0 Å². The summed E-state index contributed by atoms with van der Waals surface area (Å²) in [6.07, 6.45) is 1.60. The van der Waals surface area contributed by atoms with Gasteiger partial charge in [-0.2, -0.15) is 5.26 Å². The Morgan fingerprint density at radius 3 is 2.88 bits per heavy atom. The molecule has 1 unspecified atom stereocenters. The smallest absolute Gasteiger partial charge is 0.252 e. The number of epoxide rings is 1. The molecule has 0 radical (unpaired) electrons. The minimum Gasteiger partial charge on any atom is -0.363 e. The van der Waals surface area contributed by atoms with Crippen molar-refractivity contribution in [3.63, 3.8) is 0 Å². The summed E-state index contributed by atoms with van der Waals surface area (Å²) in [6.45, 7) is 0.528. The van der Waals surface area contributed by atoms with Crippen molar-refractivity contribution in [3.05, 3.63) is 35.4 Å². The first-order valence-corrected chi connectivity index (χ1v) is 5.68. The van der Waals surface area contributed by atoms with Gasteiger partial charge >= 0.3 is 0 Å². The zero-order valence-electron chi connectivity index (χ0n) is 9.27. The van der Waals surface area contributed by atoms with Gasteiger partial charge in [-0.1, -0.05) is 12.1 Å². The summed E-state index contributed by atoms with van der Waals surface area (Å²) in [4.78, 5) is 11.7. The molecule has 4 nitrogen and oxygen atoms in total. The van der Waals surface area contributed by atoms with Crippen LogP contribution in [0, 0.1) is 11.3 Å². The number of rotatable bonds is 3. The van der Waals surface area contributed by atoms with Crippen LogP contribution in [0.25, 0.3) is 0 Å². The van der Waals surface area contributed by atoms with Crippen LogP contribution in [0.1, 0.15) is 24.0 Å². The normalized spacial score (nSPS) is 23.6. The van der Waals surface area contributed by atoms with Crippen LogP contribution in [0.5, 0.6) is 0 Å². The van der Waals surface area contributed by atoms with Crippen LogP contribution < -0.4 is 5.32 Å². The van der Waals surface area contributed by atoms with Crippen molar-refractivity contribution in [2.45, 2.75) is 24.5 Å². The van der Waals surface area contributed by atoms with Gasteiger partial charge in [-0.15, -0.1) is 0 Å². The van der Waals surface area contributed by atoms with Crippen molar-refractivity contribution >= 4 is 5.91 Å². The summed E-state index contributed by atoms with van der Waals surface area (Å²) < 4.78 is 4.96. The Kier molecular flexibility index (Phi) is 2.17. The molecule has 1 aliphatic heterocycles. The van der Waals surface area contributed by atoms with E-state index in [9.17, 15) is 4.79 Å². The Balaban J connectivity index is 1.82. The molecule has 0 spiro atoms. The van der Waals surface area contributed by atoms with Crippen LogP contribution in [-0.2, 0) is 15.1 Å². The molecular weight excluding hydrogens is 216 g/mol. The van der Waals surface area contributed by atoms with Crippen molar-refractivity contribution < 1.29 is 9.53 Å². The van der Waals surface area contributed by atoms with Gasteiger partial charge < -0.3 is 10.1 Å². The Bertz CT molecular complexity index is 510. The van der Waals surface area contributed by atoms with E-state index < -0.39 is 0 Å². The lowest BCUT2D eigenvalue weighted by atomic mass is 10.0. The quantitative estimate of drug-likeness (QED) is 0.787. The predicted octanol–water partition coefficient (Wildman–Crippen LogP) is 1.06. The van der Waals surface area contributed by atoms with Gasteiger partial charge in [0.25, 0.3) is 5.91 Å². The monoisotopic (exact) mass is 228 g/mol. The van der Waals surface area contributed by atoms with Crippen LogP contribution in [-0.4, -0.2) is 18.6 Å². The molecule has 2 fully saturated rings. The third-order valence-electron chi connectivity index (χ3n) is 3.28. The molecule has 3 rings (SSSR count). The molecule has 1 heterocycles. The van der Waals surface area contributed by atoms with Gasteiger partial charge in [0.2, 0.25) is 0 Å². The van der Waals surface area contributed by atoms with Crippen LogP contribution in [0.15, 0.2) is 24.3 Å². The fourth-order valence-corrected chi connectivity index (χ4v) is 2.01. The van der Waals surface area contributed by atoms with E-state index in [0.29, 0.717) is 12.2 Å². The van der Waals surface area contributed by atoms with Crippen molar-refractivity contribution in [1.29, 1.82) is 5.26 Å². The maximum absolute atomic E-state index is 11.7. The predicted molar refractivity (Wildman–Crippen MR) is 60.0 cm³/mol. The molecule has 0 bridgehead atoms. The van der Waals surface area contributed by atoms with E-state index in [2.05, 4.69) is 11.4 Å². The van der Waals surface area contributed by atoms with Crippen molar-refractivity contribution in [3.8, 4) is 6.07 Å². The molecule has 1 atom stereocenters. The number of ether oxygens (including phenoxy) is 1. The van der Waals surface area contributed by atoms with Gasteiger partial charge in [-0.25, -0.2) is 0 Å². The molecule has 1 amide bonds. The molecule has 0 aromatic heterocycles. The largest absolute Gasteiger partial charge is 0.363 e. The zero-order valence-corrected chi connectivity index (χ0v) is 9.27. The molecule has 1 saturated heterocycles. The van der Waals surface area contributed by atoms with E-state index >= 15 is 0 Å². The first-order chi connectivity index (χ1) is 8.23. The van der Waals surface area contributed by atoms with E-state index in [1.54, 1.807) is 6.07 Å². The number of carbonyl (C=O) groups is 1. The summed E-state index contributed by atoms with van der Waals surface area (Å²) >= 11 is 0. The van der Waals surface area contributed by atoms with Gasteiger partial charge in [0.15, 0.2) is 6.10 Å². The molecule has 86 valence electrons. The van der Waals surface area contributed by atoms with Crippen LogP contribution in [0.2, 0.25) is 0 Å². The topological polar surface area (TPSA) is 65.4 Å². The summed E-state index contributed by atoms with van der Waals surface area (Å²) in [5.41, 5.74) is 1.40. The Labute approximate surface area is 99.2 Å². The molecule has 1 aromatic rings. The lowest BCUT2D eigenvalue weighted by molar-refractivity contribution is -0.123. The van der Waals surface area contributed by atoms with E-state index in [-0.39, 0.29) is 17.6 Å². The average molecular weight is 228 g/mol. The highest BCUT2D eigenvalue weighted by atomic mass is 16.6. The first-order valence-electron chi connectivity index (χ1n) is 5.68. The molecular formula is C13H12N2O2. The average Bonchev–Trinajstić information content (AvgIpc) is 3.22. The Morgan fingerprint density at radius 1 is 1.53 bits per heavy atom. The van der Waals surface area contributed by atoms with Gasteiger partial charge in [0.1, 0.15) is 0 Å². The second-order valence-electron chi connectivity index (χ2n) is 4.59. The molecule has 2 aliphatic rings. The fraction of sp³-hybridized carbons (Fsp3) is 0.385. The van der Waals surface area contributed by atoms with Crippen molar-refractivity contribution in [1.82, 2.24) is 5.32 Å². The molecule has 1 N–H and O–H groups in total. The highest BCUT2D eigenvalue weighted by Crippen LogP contribution is 2.45. The van der Waals surface area contributed by atoms with Crippen LogP contribution in [0.4, 0.5) is 0 Å². The summed E-state index contributed by atoms with van der Waals surface area (Å²) in [5, 5.41) is 11.9. The maximum Gasteiger partial charge on any atom is 0.252 e. The second kappa shape index (κ2) is 3.57. The molecule has 4 heteroatoms. The summed E-state index contributed by atoms with van der Waals surface area (Å²) in [5.74, 6) is -0.0372. The Morgan fingerprint density at radius 2 is 2.29 bits per heavy atom. The highest BCUT2D eigenvalue weighted by Gasteiger charge is 2.48. The summed E-state index contributed by atoms with van der Waals surface area (Å²) in [7, 11) is 0.